The normalized spacial score (nSPS) is 16.1. The van der Waals surface area contributed by atoms with Crippen LogP contribution in [0.1, 0.15) is 50.7 Å². The van der Waals surface area contributed by atoms with E-state index < -0.39 is 0 Å². The van der Waals surface area contributed by atoms with Crippen LogP contribution in [0.5, 0.6) is 0 Å². The van der Waals surface area contributed by atoms with E-state index in [-0.39, 0.29) is 0 Å². The Morgan fingerprint density at radius 1 is 1.00 bits per heavy atom. The molecule has 0 bridgehead atoms. The molecule has 17 heavy (non-hydrogen) atoms. The third-order valence-electron chi connectivity index (χ3n) is 2.97. The summed E-state index contributed by atoms with van der Waals surface area (Å²) in [5, 5.41) is 0. The van der Waals surface area contributed by atoms with E-state index in [0.29, 0.717) is 25.7 Å². The molecule has 0 N–H and O–H groups in total. The molecular formula is C14H20S2Se. The zero-order valence-corrected chi connectivity index (χ0v) is 14.3. The average molecular weight is 331 g/mol. The summed E-state index contributed by atoms with van der Waals surface area (Å²) in [6.45, 7) is 9.27. The van der Waals surface area contributed by atoms with Crippen molar-refractivity contribution in [2.75, 3.05) is 11.5 Å². The molecule has 0 aromatic heterocycles. The summed E-state index contributed by atoms with van der Waals surface area (Å²) in [5.74, 6) is 3.90. The van der Waals surface area contributed by atoms with E-state index in [1.54, 1.807) is 20.5 Å². The van der Waals surface area contributed by atoms with Gasteiger partial charge in [-0.25, -0.2) is 0 Å². The second-order valence-electron chi connectivity index (χ2n) is 4.97. The summed E-state index contributed by atoms with van der Waals surface area (Å²) in [5.41, 5.74) is 3.16. The van der Waals surface area contributed by atoms with Crippen LogP contribution in [-0.4, -0.2) is 25.3 Å². The number of fused-ring (bicyclic) bond motifs is 1. The molecule has 0 radical (unpaired) electrons. The van der Waals surface area contributed by atoms with Crippen molar-refractivity contribution in [3.63, 3.8) is 0 Å². The Morgan fingerprint density at radius 2 is 1.65 bits per heavy atom. The van der Waals surface area contributed by atoms with E-state index in [2.05, 4.69) is 61.8 Å². The summed E-state index contributed by atoms with van der Waals surface area (Å²) in [4.78, 5) is 1.62. The Bertz CT molecular complexity index is 362. The van der Waals surface area contributed by atoms with E-state index in [1.807, 2.05) is 0 Å². The van der Waals surface area contributed by atoms with Gasteiger partial charge in [-0.15, -0.1) is 0 Å². The van der Waals surface area contributed by atoms with Crippen molar-refractivity contribution in [3.8, 4) is 0 Å². The van der Waals surface area contributed by atoms with E-state index >= 15 is 0 Å². The summed E-state index contributed by atoms with van der Waals surface area (Å²) >= 11 is 2.71. The second-order valence-corrected chi connectivity index (χ2v) is 10.3. The summed E-state index contributed by atoms with van der Waals surface area (Å²) in [7, 11) is 2.15. The molecule has 2 rings (SSSR count). The van der Waals surface area contributed by atoms with Crippen LogP contribution in [0, 0.1) is 0 Å². The third-order valence-corrected chi connectivity index (χ3v) is 9.08. The molecule has 3 heteroatoms. The summed E-state index contributed by atoms with van der Waals surface area (Å²) in [6, 6.07) is 4.75. The molecule has 0 unspecified atom stereocenters. The maximum absolute atomic E-state index is 2.38. The van der Waals surface area contributed by atoms with Gasteiger partial charge in [-0.3, -0.25) is 0 Å². The summed E-state index contributed by atoms with van der Waals surface area (Å²) in [6.07, 6.45) is 0. The molecule has 1 aliphatic heterocycles. The Labute approximate surface area is 119 Å². The maximum atomic E-state index is 2.38. The molecule has 0 fully saturated rings. The van der Waals surface area contributed by atoms with Gasteiger partial charge in [0.1, 0.15) is 0 Å². The predicted molar refractivity (Wildman–Crippen MR) is 83.2 cm³/mol. The van der Waals surface area contributed by atoms with Crippen LogP contribution >= 0.6 is 21.9 Å². The van der Waals surface area contributed by atoms with E-state index in [9.17, 15) is 0 Å². The van der Waals surface area contributed by atoms with Gasteiger partial charge in [0.15, 0.2) is 0 Å². The van der Waals surface area contributed by atoms with Crippen molar-refractivity contribution in [2.24, 2.45) is 0 Å². The van der Waals surface area contributed by atoms with Crippen LogP contribution in [0.2, 0.25) is 0 Å². The van der Waals surface area contributed by atoms with Crippen LogP contribution in [0.25, 0.3) is 0 Å². The van der Waals surface area contributed by atoms with E-state index in [4.69, 9.17) is 0 Å². The quantitative estimate of drug-likeness (QED) is 0.751. The van der Waals surface area contributed by atoms with Gasteiger partial charge >= 0.3 is 119 Å². The van der Waals surface area contributed by atoms with Gasteiger partial charge in [-0.05, 0) is 0 Å². The monoisotopic (exact) mass is 332 g/mol. The van der Waals surface area contributed by atoms with Crippen LogP contribution in [0.15, 0.2) is 17.0 Å². The van der Waals surface area contributed by atoms with Gasteiger partial charge in [0.2, 0.25) is 0 Å². The first-order valence-corrected chi connectivity index (χ1v) is 11.1. The minimum absolute atomic E-state index is 0.614. The van der Waals surface area contributed by atoms with E-state index in [0.717, 1.165) is 0 Å². The van der Waals surface area contributed by atoms with Gasteiger partial charge < -0.3 is 0 Å². The van der Waals surface area contributed by atoms with Gasteiger partial charge in [0.05, 0.1) is 0 Å². The molecule has 1 heterocycles. The van der Waals surface area contributed by atoms with Gasteiger partial charge in [0.25, 0.3) is 0 Å². The molecule has 1 aromatic carbocycles. The van der Waals surface area contributed by atoms with Crippen LogP contribution < -0.4 is 4.46 Å². The minimum atomic E-state index is 0.614. The molecule has 0 amide bonds. The first kappa shape index (κ1) is 13.9. The zero-order chi connectivity index (χ0) is 12.4. The van der Waals surface area contributed by atoms with Crippen molar-refractivity contribution in [1.29, 1.82) is 0 Å². The Kier molecular flexibility index (Phi) is 4.94. The molecule has 0 saturated heterocycles. The van der Waals surface area contributed by atoms with Gasteiger partial charge in [0, 0.05) is 0 Å². The number of hydrogen-bond donors (Lipinski definition) is 0. The molecule has 0 spiro atoms. The number of benzene rings is 1. The van der Waals surface area contributed by atoms with Crippen LogP contribution in [-0.2, 0) is 0 Å². The second kappa shape index (κ2) is 6.06. The van der Waals surface area contributed by atoms with Crippen molar-refractivity contribution in [1.82, 2.24) is 0 Å². The van der Waals surface area contributed by atoms with Crippen LogP contribution in [0.3, 0.4) is 0 Å². The molecule has 1 aliphatic rings. The number of thioether (sulfide) groups is 1. The topological polar surface area (TPSA) is 0 Å². The number of rotatable bonds is 2. The molecule has 0 atom stereocenters. The van der Waals surface area contributed by atoms with Gasteiger partial charge in [-0.2, -0.15) is 0 Å². The van der Waals surface area contributed by atoms with Crippen molar-refractivity contribution in [2.45, 2.75) is 44.4 Å². The van der Waals surface area contributed by atoms with E-state index in [1.165, 1.54) is 11.5 Å². The SMILES string of the molecule is CC(C)c1ccc(C(C)C)c2c1SCCS[Se]2. The molecule has 1 aromatic rings. The summed E-state index contributed by atoms with van der Waals surface area (Å²) < 4.78 is 1.69. The average Bonchev–Trinajstić information content (AvgIpc) is 2.52. The van der Waals surface area contributed by atoms with Crippen molar-refractivity contribution in [3.05, 3.63) is 23.3 Å². The zero-order valence-electron chi connectivity index (χ0n) is 10.9. The Hall–Kier alpha value is 0.439. The van der Waals surface area contributed by atoms with Gasteiger partial charge in [-0.1, -0.05) is 0 Å². The Balaban J connectivity index is 2.54. The van der Waals surface area contributed by atoms with Crippen molar-refractivity contribution >= 4 is 40.2 Å². The fourth-order valence-electron chi connectivity index (χ4n) is 2.02. The number of hydrogen-bond acceptors (Lipinski definition) is 2. The first-order chi connectivity index (χ1) is 8.11. The van der Waals surface area contributed by atoms with Crippen LogP contribution in [0.4, 0.5) is 0 Å². The fourth-order valence-corrected chi connectivity index (χ4v) is 9.34. The third kappa shape index (κ3) is 3.07. The molecule has 0 saturated carbocycles. The molecule has 0 nitrogen and oxygen atoms in total. The molecular weight excluding hydrogens is 311 g/mol. The molecule has 0 aliphatic carbocycles. The first-order valence-electron chi connectivity index (χ1n) is 6.20. The predicted octanol–water partition coefficient (Wildman–Crippen LogP) is 4.02. The fraction of sp³-hybridized carbons (Fsp3) is 0.571. The molecule has 94 valence electrons. The standard InChI is InChI=1S/C14H20S2Se/c1-9(2)11-5-6-12(10(3)4)14-13(11)15-7-8-16-17-14/h5-6,9-10H,7-8H2,1-4H3. The van der Waals surface area contributed by atoms with Crippen molar-refractivity contribution < 1.29 is 0 Å². The Morgan fingerprint density at radius 3 is 2.29 bits per heavy atom.